The van der Waals surface area contributed by atoms with Crippen molar-refractivity contribution in [3.63, 3.8) is 0 Å². The van der Waals surface area contributed by atoms with E-state index in [2.05, 4.69) is 22.2 Å². The molecule has 6 heteroatoms. The maximum absolute atomic E-state index is 14.1. The number of nitrogens with zero attached hydrogens (tertiary/aromatic N) is 3. The second-order valence-electron chi connectivity index (χ2n) is 5.31. The van der Waals surface area contributed by atoms with Gasteiger partial charge in [0.2, 0.25) is 0 Å². The topological polar surface area (TPSA) is 31.4 Å². The third-order valence-corrected chi connectivity index (χ3v) is 3.57. The Balaban J connectivity index is 2.32. The van der Waals surface area contributed by atoms with Gasteiger partial charge in [-0.15, -0.1) is 0 Å². The Morgan fingerprint density at radius 2 is 2.10 bits per heavy atom. The molecule has 0 aromatic carbocycles. The first kappa shape index (κ1) is 15.0. The first-order valence-electron chi connectivity index (χ1n) is 7.08. The lowest BCUT2D eigenvalue weighted by Crippen LogP contribution is -2.39. The van der Waals surface area contributed by atoms with Gasteiger partial charge in [-0.2, -0.15) is 0 Å². The molecule has 2 heterocycles. The zero-order chi connectivity index (χ0) is 14.7. The van der Waals surface area contributed by atoms with Gasteiger partial charge in [-0.05, 0) is 33.9 Å². The minimum Gasteiger partial charge on any atom is -0.368 e. The maximum Gasteiger partial charge on any atom is 0.168 e. The lowest BCUT2D eigenvalue weighted by Gasteiger charge is -2.29. The molecule has 1 N–H and O–H groups in total. The van der Waals surface area contributed by atoms with Gasteiger partial charge in [-0.3, -0.25) is 0 Å². The molecular formula is C14H22F2N4. The third kappa shape index (κ3) is 3.17. The summed E-state index contributed by atoms with van der Waals surface area (Å²) in [6.45, 7) is 6.99. The van der Waals surface area contributed by atoms with Crippen LogP contribution in [0.5, 0.6) is 0 Å². The van der Waals surface area contributed by atoms with Gasteiger partial charge in [0.1, 0.15) is 0 Å². The number of aromatic nitrogens is 1. The van der Waals surface area contributed by atoms with Gasteiger partial charge < -0.3 is 15.1 Å². The fraction of sp³-hybridized carbons (Fsp3) is 0.643. The van der Waals surface area contributed by atoms with E-state index in [1.807, 2.05) is 18.7 Å². The van der Waals surface area contributed by atoms with E-state index in [0.717, 1.165) is 32.1 Å². The standard InChI is InChI=1S/C14H22F2N4/c1-4-17-13-11(15)8-12(16)14(18-13)20-7-5-6-19(3)9-10(20)2/h8,10H,4-7,9H2,1-3H3,(H,17,18). The molecule has 1 atom stereocenters. The molecule has 1 fully saturated rings. The molecule has 1 aliphatic heterocycles. The molecule has 1 aliphatic rings. The summed E-state index contributed by atoms with van der Waals surface area (Å²) in [4.78, 5) is 8.30. The van der Waals surface area contributed by atoms with Crippen molar-refractivity contribution in [3.05, 3.63) is 17.7 Å². The van der Waals surface area contributed by atoms with Crippen LogP contribution in [-0.4, -0.2) is 49.2 Å². The quantitative estimate of drug-likeness (QED) is 0.923. The molecule has 2 rings (SSSR count). The molecule has 0 bridgehead atoms. The molecule has 1 aromatic rings. The van der Waals surface area contributed by atoms with E-state index in [4.69, 9.17) is 0 Å². The smallest absolute Gasteiger partial charge is 0.168 e. The van der Waals surface area contributed by atoms with Crippen LogP contribution < -0.4 is 10.2 Å². The van der Waals surface area contributed by atoms with Gasteiger partial charge in [0.05, 0.1) is 0 Å². The van der Waals surface area contributed by atoms with Crippen molar-refractivity contribution >= 4 is 11.6 Å². The molecule has 1 aromatic heterocycles. The van der Waals surface area contributed by atoms with Crippen molar-refractivity contribution in [2.75, 3.05) is 43.4 Å². The van der Waals surface area contributed by atoms with E-state index in [1.54, 1.807) is 0 Å². The number of hydrogen-bond acceptors (Lipinski definition) is 4. The number of nitrogens with one attached hydrogen (secondary N) is 1. The summed E-state index contributed by atoms with van der Waals surface area (Å²) >= 11 is 0. The van der Waals surface area contributed by atoms with Gasteiger partial charge in [0, 0.05) is 31.7 Å². The summed E-state index contributed by atoms with van der Waals surface area (Å²) in [5.41, 5.74) is 0. The molecule has 0 saturated carbocycles. The summed E-state index contributed by atoms with van der Waals surface area (Å²) in [5.74, 6) is -0.882. The highest BCUT2D eigenvalue weighted by Gasteiger charge is 2.24. The van der Waals surface area contributed by atoms with Crippen molar-refractivity contribution in [1.82, 2.24) is 9.88 Å². The van der Waals surface area contributed by atoms with Crippen LogP contribution in [0.2, 0.25) is 0 Å². The number of likely N-dealkylation sites (N-methyl/N-ethyl adjacent to an activating group) is 1. The maximum atomic E-state index is 14.1. The van der Waals surface area contributed by atoms with Crippen molar-refractivity contribution in [3.8, 4) is 0 Å². The Hall–Kier alpha value is -1.43. The second kappa shape index (κ2) is 6.35. The SMILES string of the molecule is CCNc1nc(N2CCCN(C)CC2C)c(F)cc1F. The van der Waals surface area contributed by atoms with Crippen molar-refractivity contribution < 1.29 is 8.78 Å². The normalized spacial score (nSPS) is 20.9. The van der Waals surface area contributed by atoms with Crippen LogP contribution in [0.15, 0.2) is 6.07 Å². The predicted molar refractivity (Wildman–Crippen MR) is 77.2 cm³/mol. The fourth-order valence-electron chi connectivity index (χ4n) is 2.64. The Kier molecular flexibility index (Phi) is 4.75. The zero-order valence-corrected chi connectivity index (χ0v) is 12.3. The first-order chi connectivity index (χ1) is 9.52. The minimum atomic E-state index is -0.646. The molecule has 20 heavy (non-hydrogen) atoms. The van der Waals surface area contributed by atoms with Crippen molar-refractivity contribution in [1.29, 1.82) is 0 Å². The fourth-order valence-corrected chi connectivity index (χ4v) is 2.64. The molecule has 112 valence electrons. The lowest BCUT2D eigenvalue weighted by molar-refractivity contribution is 0.336. The highest BCUT2D eigenvalue weighted by molar-refractivity contribution is 5.50. The Morgan fingerprint density at radius 1 is 1.35 bits per heavy atom. The number of hydrogen-bond donors (Lipinski definition) is 1. The van der Waals surface area contributed by atoms with E-state index in [0.29, 0.717) is 6.54 Å². The molecule has 1 saturated heterocycles. The Bertz CT molecular complexity index is 467. The van der Waals surface area contributed by atoms with Crippen molar-refractivity contribution in [2.24, 2.45) is 0 Å². The monoisotopic (exact) mass is 284 g/mol. The summed E-state index contributed by atoms with van der Waals surface area (Å²) in [6.07, 6.45) is 0.940. The van der Waals surface area contributed by atoms with Crippen LogP contribution in [0.25, 0.3) is 0 Å². The van der Waals surface area contributed by atoms with Gasteiger partial charge in [0.15, 0.2) is 23.3 Å². The van der Waals surface area contributed by atoms with Crippen LogP contribution in [0.1, 0.15) is 20.3 Å². The molecular weight excluding hydrogens is 262 g/mol. The molecule has 4 nitrogen and oxygen atoms in total. The van der Waals surface area contributed by atoms with E-state index < -0.39 is 11.6 Å². The highest BCUT2D eigenvalue weighted by atomic mass is 19.1. The van der Waals surface area contributed by atoms with Gasteiger partial charge in [0.25, 0.3) is 0 Å². The zero-order valence-electron chi connectivity index (χ0n) is 12.3. The van der Waals surface area contributed by atoms with Gasteiger partial charge >= 0.3 is 0 Å². The summed E-state index contributed by atoms with van der Waals surface area (Å²) in [7, 11) is 2.05. The molecule has 0 radical (unpaired) electrons. The average Bonchev–Trinajstić information content (AvgIpc) is 2.54. The number of rotatable bonds is 3. The minimum absolute atomic E-state index is 0.119. The molecule has 0 amide bonds. The van der Waals surface area contributed by atoms with Gasteiger partial charge in [-0.1, -0.05) is 0 Å². The summed E-state index contributed by atoms with van der Waals surface area (Å²) in [6, 6.07) is 1.06. The predicted octanol–water partition coefficient (Wildman–Crippen LogP) is 2.32. The molecule has 0 aliphatic carbocycles. The van der Waals surface area contributed by atoms with E-state index in [9.17, 15) is 8.78 Å². The van der Waals surface area contributed by atoms with E-state index in [1.165, 1.54) is 0 Å². The third-order valence-electron chi connectivity index (χ3n) is 3.57. The number of pyridine rings is 1. The number of halogens is 2. The highest BCUT2D eigenvalue weighted by Crippen LogP contribution is 2.25. The Labute approximate surface area is 118 Å². The van der Waals surface area contributed by atoms with Crippen LogP contribution in [0.3, 0.4) is 0 Å². The first-order valence-corrected chi connectivity index (χ1v) is 7.08. The number of anilines is 2. The summed E-state index contributed by atoms with van der Waals surface area (Å²) < 4.78 is 27.7. The van der Waals surface area contributed by atoms with Crippen LogP contribution in [0.4, 0.5) is 20.4 Å². The largest absolute Gasteiger partial charge is 0.368 e. The average molecular weight is 284 g/mol. The molecule has 1 unspecified atom stereocenters. The van der Waals surface area contributed by atoms with Crippen molar-refractivity contribution in [2.45, 2.75) is 26.3 Å². The molecule has 0 spiro atoms. The van der Waals surface area contributed by atoms with E-state index >= 15 is 0 Å². The van der Waals surface area contributed by atoms with Crippen LogP contribution in [0, 0.1) is 11.6 Å². The van der Waals surface area contributed by atoms with Crippen LogP contribution >= 0.6 is 0 Å². The van der Waals surface area contributed by atoms with Crippen LogP contribution in [-0.2, 0) is 0 Å². The Morgan fingerprint density at radius 3 is 2.80 bits per heavy atom. The van der Waals surface area contributed by atoms with Gasteiger partial charge in [-0.25, -0.2) is 13.8 Å². The lowest BCUT2D eigenvalue weighted by atomic mass is 10.2. The van der Waals surface area contributed by atoms with E-state index in [-0.39, 0.29) is 17.7 Å². The second-order valence-corrected chi connectivity index (χ2v) is 5.31. The summed E-state index contributed by atoms with van der Waals surface area (Å²) in [5, 5.41) is 2.83.